The maximum absolute atomic E-state index is 12.6. The molecule has 0 radical (unpaired) electrons. The fraction of sp³-hybridized carbons (Fsp3) is 0.150. The molecule has 13 aromatic rings. The van der Waals surface area contributed by atoms with Crippen molar-refractivity contribution in [1.82, 2.24) is 65.2 Å². The molecule has 1 fully saturated rings. The van der Waals surface area contributed by atoms with Gasteiger partial charge < -0.3 is 15.3 Å². The van der Waals surface area contributed by atoms with Crippen LogP contribution in [0.15, 0.2) is 152 Å². The van der Waals surface area contributed by atoms with Crippen molar-refractivity contribution in [3.05, 3.63) is 173 Å². The minimum atomic E-state index is -0.192. The van der Waals surface area contributed by atoms with Crippen LogP contribution in [0, 0.1) is 13.8 Å². The van der Waals surface area contributed by atoms with Crippen LogP contribution in [0.25, 0.3) is 110 Å². The molecule has 3 aromatic carbocycles. The second-order valence-electron chi connectivity index (χ2n) is 18.6. The Morgan fingerprint density at radius 2 is 1.23 bits per heavy atom. The number of para-hydroxylation sites is 2. The Morgan fingerprint density at radius 1 is 0.610 bits per heavy atom. The standard InChI is InChI=1S/C30H21N7OS.C28H25N7S.C2H6/c1-17-10-11-25(39-17)22-8-5-9-24-26(22)35-29(34-24)27-23-13-20(15-32-28(23)37-36-27)19-12-21(16-31-14-19)33-30(38)18-6-3-2-4-7-18;1-17-7-8-24(36-17)21-5-4-6-23-25(21)32-28(31-23)26-22-12-20(15-30-27(22)34-33-26)19-11-18(13-29-14-19)16-35-9-2-3-10-35;1-2/h2-16H,1H3,(H,33,38)(H,34,35)(H,32,36,37);4-8,11-15H,2-3,9-10,16H2,1H3,(H,31,32)(H,30,33,34);1-2H3. The SMILES string of the molecule is CC.Cc1ccc(-c2cccc3[nH]c(-c4[nH]nc5ncc(-c6cncc(CN7CCCC7)c6)cc45)nc23)s1.Cc1ccc(-c2cccc3[nH]c(-c4n[nH]c5ncc(-c6cncc(NC(=O)c7ccccc7)c6)cc45)nc23)s1. The lowest BCUT2D eigenvalue weighted by Gasteiger charge is -2.14. The zero-order valence-corrected chi connectivity index (χ0v) is 44.4. The second kappa shape index (κ2) is 21.3. The monoisotopic (exact) mass is 1050 g/mol. The summed E-state index contributed by atoms with van der Waals surface area (Å²) in [7, 11) is 0. The molecule has 0 spiro atoms. The van der Waals surface area contributed by atoms with E-state index >= 15 is 0 Å². The first kappa shape index (κ1) is 48.9. The number of carbonyl (C=O) groups excluding carboxylic acids is 1. The van der Waals surface area contributed by atoms with Gasteiger partial charge in [0.15, 0.2) is 22.9 Å². The number of carbonyl (C=O) groups is 1. The lowest BCUT2D eigenvalue weighted by molar-refractivity contribution is 0.102. The Labute approximate surface area is 451 Å². The van der Waals surface area contributed by atoms with E-state index in [9.17, 15) is 4.79 Å². The zero-order chi connectivity index (χ0) is 52.4. The number of H-pyrrole nitrogens is 4. The number of aryl methyl sites for hydroxylation is 2. The molecule has 0 bridgehead atoms. The minimum Gasteiger partial charge on any atom is -0.337 e. The number of aromatic nitrogens is 12. The molecule has 0 atom stereocenters. The maximum atomic E-state index is 12.6. The van der Waals surface area contributed by atoms with Crippen LogP contribution in [0.1, 0.15) is 52.4 Å². The summed E-state index contributed by atoms with van der Waals surface area (Å²) in [5.74, 6) is 1.23. The van der Waals surface area contributed by atoms with Crippen molar-refractivity contribution in [2.24, 2.45) is 0 Å². The number of benzene rings is 3. The average molecular weight is 1050 g/mol. The van der Waals surface area contributed by atoms with Crippen molar-refractivity contribution >= 4 is 78.4 Å². The molecule has 0 aliphatic carbocycles. The van der Waals surface area contributed by atoms with E-state index in [1.54, 1.807) is 53.4 Å². The van der Waals surface area contributed by atoms with Crippen LogP contribution in [0.5, 0.6) is 0 Å². The summed E-state index contributed by atoms with van der Waals surface area (Å²) < 4.78 is 0. The van der Waals surface area contributed by atoms with E-state index in [4.69, 9.17) is 9.97 Å². The predicted molar refractivity (Wildman–Crippen MR) is 311 cm³/mol. The van der Waals surface area contributed by atoms with Crippen molar-refractivity contribution in [3.63, 3.8) is 0 Å². The summed E-state index contributed by atoms with van der Waals surface area (Å²) in [5, 5.41) is 19.9. The first-order valence-electron chi connectivity index (χ1n) is 25.6. The van der Waals surface area contributed by atoms with Crippen LogP contribution < -0.4 is 5.32 Å². The molecule has 77 heavy (non-hydrogen) atoms. The Kier molecular flexibility index (Phi) is 13.5. The van der Waals surface area contributed by atoms with Crippen molar-refractivity contribution in [2.45, 2.75) is 47.1 Å². The van der Waals surface area contributed by atoms with Gasteiger partial charge in [-0.05, 0) is 118 Å². The molecule has 0 saturated carbocycles. The fourth-order valence-corrected chi connectivity index (χ4v) is 11.5. The Morgan fingerprint density at radius 3 is 1.92 bits per heavy atom. The molecule has 5 N–H and O–H groups in total. The number of amides is 1. The second-order valence-corrected chi connectivity index (χ2v) is 21.2. The van der Waals surface area contributed by atoms with Gasteiger partial charge in [-0.15, -0.1) is 22.7 Å². The predicted octanol–water partition coefficient (Wildman–Crippen LogP) is 14.1. The highest BCUT2D eigenvalue weighted by Crippen LogP contribution is 2.37. The molecule has 0 unspecified atom stereocenters. The number of pyridine rings is 4. The van der Waals surface area contributed by atoms with E-state index < -0.39 is 0 Å². The van der Waals surface area contributed by atoms with Gasteiger partial charge in [0.25, 0.3) is 5.91 Å². The van der Waals surface area contributed by atoms with Gasteiger partial charge in [-0.1, -0.05) is 56.3 Å². The largest absolute Gasteiger partial charge is 0.337 e. The van der Waals surface area contributed by atoms with Gasteiger partial charge >= 0.3 is 0 Å². The summed E-state index contributed by atoms with van der Waals surface area (Å²) in [6, 6.07) is 38.3. The van der Waals surface area contributed by atoms with Gasteiger partial charge in [-0.25, -0.2) is 19.9 Å². The first-order valence-corrected chi connectivity index (χ1v) is 27.3. The number of likely N-dealkylation sites (tertiary alicyclic amines) is 1. The van der Waals surface area contributed by atoms with Crippen LogP contribution in [-0.4, -0.2) is 84.2 Å². The van der Waals surface area contributed by atoms with Crippen LogP contribution in [0.4, 0.5) is 5.69 Å². The molecular formula is C60H52N14OS2. The summed E-state index contributed by atoms with van der Waals surface area (Å²) in [6.45, 7) is 11.5. The zero-order valence-electron chi connectivity index (χ0n) is 42.7. The maximum Gasteiger partial charge on any atom is 0.255 e. The highest BCUT2D eigenvalue weighted by atomic mass is 32.1. The van der Waals surface area contributed by atoms with Gasteiger partial charge in [-0.3, -0.25) is 29.9 Å². The van der Waals surface area contributed by atoms with E-state index in [0.717, 1.165) is 84.3 Å². The molecule has 14 rings (SSSR count). The minimum absolute atomic E-state index is 0.192. The normalized spacial score (nSPS) is 12.5. The Balaban J connectivity index is 0.000000150. The van der Waals surface area contributed by atoms with Crippen molar-refractivity contribution in [1.29, 1.82) is 0 Å². The van der Waals surface area contributed by atoms with Crippen molar-refractivity contribution in [3.8, 4) is 66.2 Å². The quantitative estimate of drug-likeness (QED) is 0.0878. The highest BCUT2D eigenvalue weighted by molar-refractivity contribution is 7.15. The highest BCUT2D eigenvalue weighted by Gasteiger charge is 2.20. The number of hydrogen-bond acceptors (Lipinski definition) is 12. The summed E-state index contributed by atoms with van der Waals surface area (Å²) in [6.07, 6.45) is 13.5. The van der Waals surface area contributed by atoms with E-state index in [0.29, 0.717) is 34.1 Å². The molecule has 1 saturated heterocycles. The molecule has 1 aliphatic heterocycles. The Bertz CT molecular complexity index is 4230. The number of nitrogens with zero attached hydrogens (tertiary/aromatic N) is 9. The number of hydrogen-bond donors (Lipinski definition) is 5. The number of thiophene rings is 2. The molecule has 1 amide bonds. The smallest absolute Gasteiger partial charge is 0.255 e. The van der Waals surface area contributed by atoms with Gasteiger partial charge in [-0.2, -0.15) is 10.2 Å². The molecule has 11 heterocycles. The first-order chi connectivity index (χ1) is 37.8. The topological polar surface area (TPSA) is 199 Å². The lowest BCUT2D eigenvalue weighted by atomic mass is 10.1. The van der Waals surface area contributed by atoms with Crippen molar-refractivity contribution < 1.29 is 4.79 Å². The van der Waals surface area contributed by atoms with Crippen LogP contribution in [-0.2, 0) is 6.54 Å². The number of anilines is 1. The van der Waals surface area contributed by atoms with E-state index in [1.165, 1.54) is 51.0 Å². The van der Waals surface area contributed by atoms with E-state index in [2.05, 4.69) is 135 Å². The van der Waals surface area contributed by atoms with Crippen LogP contribution >= 0.6 is 22.7 Å². The van der Waals surface area contributed by atoms with E-state index in [-0.39, 0.29) is 5.91 Å². The summed E-state index contributed by atoms with van der Waals surface area (Å²) in [5.41, 5.74) is 15.0. The fourth-order valence-electron chi connectivity index (χ4n) is 9.72. The molecule has 17 heteroatoms. The molecule has 10 aromatic heterocycles. The number of rotatable bonds is 10. The van der Waals surface area contributed by atoms with Gasteiger partial charge in [0.1, 0.15) is 11.4 Å². The third kappa shape index (κ3) is 10.0. The lowest BCUT2D eigenvalue weighted by Crippen LogP contribution is -2.18. The third-order valence-corrected chi connectivity index (χ3v) is 15.5. The summed E-state index contributed by atoms with van der Waals surface area (Å²) in [4.78, 5) is 55.0. The van der Waals surface area contributed by atoms with Gasteiger partial charge in [0.05, 0.1) is 44.7 Å². The molecule has 15 nitrogen and oxygen atoms in total. The number of imidazole rings is 2. The van der Waals surface area contributed by atoms with Crippen LogP contribution in [0.2, 0.25) is 0 Å². The molecule has 1 aliphatic rings. The third-order valence-electron chi connectivity index (χ3n) is 13.4. The van der Waals surface area contributed by atoms with E-state index in [1.807, 2.05) is 74.9 Å². The average Bonchev–Trinajstić information content (AvgIpc) is 4.40. The van der Waals surface area contributed by atoms with Gasteiger partial charge in [0.2, 0.25) is 0 Å². The van der Waals surface area contributed by atoms with Gasteiger partial charge in [0, 0.05) is 96.0 Å². The number of aromatic amines is 4. The summed E-state index contributed by atoms with van der Waals surface area (Å²) >= 11 is 3.53. The number of fused-ring (bicyclic) bond motifs is 4. The Hall–Kier alpha value is -9.03. The molecular weight excluding hydrogens is 997 g/mol. The molecule has 380 valence electrons. The number of nitrogens with one attached hydrogen (secondary N) is 5. The van der Waals surface area contributed by atoms with Crippen molar-refractivity contribution in [2.75, 3.05) is 18.4 Å². The van der Waals surface area contributed by atoms with Crippen LogP contribution in [0.3, 0.4) is 0 Å².